The Bertz CT molecular complexity index is 953. The van der Waals surface area contributed by atoms with Crippen LogP contribution >= 0.6 is 0 Å². The number of anilines is 1. The van der Waals surface area contributed by atoms with Crippen LogP contribution in [0, 0.1) is 5.92 Å². The molecule has 0 radical (unpaired) electrons. The molecule has 1 aromatic carbocycles. The molecule has 7 nitrogen and oxygen atoms in total. The lowest BCUT2D eigenvalue weighted by molar-refractivity contribution is -0.131. The molecule has 7 heteroatoms. The van der Waals surface area contributed by atoms with Gasteiger partial charge < -0.3 is 19.9 Å². The average Bonchev–Trinajstić information content (AvgIpc) is 3.47. The summed E-state index contributed by atoms with van der Waals surface area (Å²) in [6.07, 6.45) is 10.2. The van der Waals surface area contributed by atoms with E-state index in [-0.39, 0.29) is 18.0 Å². The number of urea groups is 1. The number of carbonyl (C=O) groups is 2. The van der Waals surface area contributed by atoms with E-state index < -0.39 is 0 Å². The Morgan fingerprint density at radius 3 is 2.52 bits per heavy atom. The third-order valence-corrected chi connectivity index (χ3v) is 7.17. The monoisotopic (exact) mass is 448 g/mol. The third-order valence-electron chi connectivity index (χ3n) is 7.17. The standard InChI is InChI=1S/C26H32N4O3/c31-25(14-19-4-1-2-5-19)29-13-11-24(18-29)33-23-9-7-22(8-10-23)28-26(32)30-16-21(17-30)20-6-3-12-27-15-20/h3,6-10,12,15,19,21,24H,1-2,4-5,11,13-14,16-18H2,(H,28,32). The smallest absolute Gasteiger partial charge is 0.321 e. The number of hydrogen-bond acceptors (Lipinski definition) is 4. The molecular weight excluding hydrogens is 416 g/mol. The number of ether oxygens (including phenoxy) is 1. The number of nitrogens with zero attached hydrogens (tertiary/aromatic N) is 3. The molecule has 1 saturated carbocycles. The molecule has 2 saturated heterocycles. The number of aromatic nitrogens is 1. The summed E-state index contributed by atoms with van der Waals surface area (Å²) in [5, 5.41) is 2.96. The van der Waals surface area contributed by atoms with Crippen molar-refractivity contribution in [3.05, 3.63) is 54.4 Å². The van der Waals surface area contributed by atoms with Gasteiger partial charge in [-0.1, -0.05) is 18.9 Å². The molecule has 1 atom stereocenters. The topological polar surface area (TPSA) is 74.8 Å². The molecule has 174 valence electrons. The molecule has 3 aliphatic rings. The molecule has 0 bridgehead atoms. The molecular formula is C26H32N4O3. The Labute approximate surface area is 195 Å². The molecule has 3 fully saturated rings. The zero-order chi connectivity index (χ0) is 22.6. The highest BCUT2D eigenvalue weighted by Gasteiger charge is 2.32. The number of hydrogen-bond donors (Lipinski definition) is 1. The number of rotatable bonds is 6. The minimum atomic E-state index is -0.0870. The minimum Gasteiger partial charge on any atom is -0.489 e. The van der Waals surface area contributed by atoms with E-state index in [4.69, 9.17) is 4.74 Å². The average molecular weight is 449 g/mol. The van der Waals surface area contributed by atoms with E-state index in [1.54, 1.807) is 11.1 Å². The van der Waals surface area contributed by atoms with Crippen molar-refractivity contribution in [2.45, 2.75) is 50.5 Å². The van der Waals surface area contributed by atoms with Crippen LogP contribution in [-0.4, -0.2) is 59.0 Å². The molecule has 3 amide bonds. The van der Waals surface area contributed by atoms with Gasteiger partial charge in [0.15, 0.2) is 0 Å². The van der Waals surface area contributed by atoms with Gasteiger partial charge in [0.2, 0.25) is 5.91 Å². The first-order valence-corrected chi connectivity index (χ1v) is 12.1. The van der Waals surface area contributed by atoms with E-state index in [9.17, 15) is 9.59 Å². The van der Waals surface area contributed by atoms with Gasteiger partial charge in [-0.15, -0.1) is 0 Å². The van der Waals surface area contributed by atoms with Gasteiger partial charge in [0.05, 0.1) is 6.54 Å². The van der Waals surface area contributed by atoms with Crippen LogP contribution in [0.25, 0.3) is 0 Å². The number of pyridine rings is 1. The zero-order valence-electron chi connectivity index (χ0n) is 19.0. The van der Waals surface area contributed by atoms with Crippen LogP contribution in [0.5, 0.6) is 5.75 Å². The summed E-state index contributed by atoms with van der Waals surface area (Å²) in [5.74, 6) is 1.99. The third kappa shape index (κ3) is 5.29. The van der Waals surface area contributed by atoms with Gasteiger partial charge in [-0.25, -0.2) is 4.79 Å². The van der Waals surface area contributed by atoms with Crippen molar-refractivity contribution in [2.24, 2.45) is 5.92 Å². The quantitative estimate of drug-likeness (QED) is 0.716. The Balaban J connectivity index is 1.05. The second-order valence-corrected chi connectivity index (χ2v) is 9.57. The van der Waals surface area contributed by atoms with Gasteiger partial charge >= 0.3 is 6.03 Å². The van der Waals surface area contributed by atoms with Crippen molar-refractivity contribution < 1.29 is 14.3 Å². The van der Waals surface area contributed by atoms with Crippen molar-refractivity contribution in [2.75, 3.05) is 31.5 Å². The van der Waals surface area contributed by atoms with E-state index in [0.717, 1.165) is 24.4 Å². The first-order chi connectivity index (χ1) is 16.1. The summed E-state index contributed by atoms with van der Waals surface area (Å²) in [7, 11) is 0. The molecule has 5 rings (SSSR count). The summed E-state index contributed by atoms with van der Waals surface area (Å²) in [4.78, 5) is 33.0. The normalized spacial score (nSPS) is 21.2. The summed E-state index contributed by atoms with van der Waals surface area (Å²) in [6, 6.07) is 11.4. The molecule has 1 unspecified atom stereocenters. The predicted molar refractivity (Wildman–Crippen MR) is 126 cm³/mol. The largest absolute Gasteiger partial charge is 0.489 e. The molecule has 33 heavy (non-hydrogen) atoms. The van der Waals surface area contributed by atoms with E-state index in [1.165, 1.54) is 31.2 Å². The summed E-state index contributed by atoms with van der Waals surface area (Å²) in [6.45, 7) is 2.85. The van der Waals surface area contributed by atoms with Crippen LogP contribution in [0.4, 0.5) is 10.5 Å². The van der Waals surface area contributed by atoms with E-state index in [2.05, 4.69) is 16.4 Å². The van der Waals surface area contributed by atoms with Gasteiger partial charge in [-0.3, -0.25) is 9.78 Å². The van der Waals surface area contributed by atoms with E-state index >= 15 is 0 Å². The highest BCUT2D eigenvalue weighted by Crippen LogP contribution is 2.30. The van der Waals surface area contributed by atoms with Crippen LogP contribution in [0.2, 0.25) is 0 Å². The second-order valence-electron chi connectivity index (χ2n) is 9.57. The fraction of sp³-hybridized carbons (Fsp3) is 0.500. The van der Waals surface area contributed by atoms with Crippen molar-refractivity contribution in [1.29, 1.82) is 0 Å². The van der Waals surface area contributed by atoms with Gasteiger partial charge in [0, 0.05) is 56.5 Å². The molecule has 1 aromatic heterocycles. The number of likely N-dealkylation sites (tertiary alicyclic amines) is 2. The van der Waals surface area contributed by atoms with Crippen molar-refractivity contribution >= 4 is 17.6 Å². The number of carbonyl (C=O) groups excluding carboxylic acids is 2. The van der Waals surface area contributed by atoms with E-state index in [0.29, 0.717) is 37.9 Å². The van der Waals surface area contributed by atoms with E-state index in [1.807, 2.05) is 41.4 Å². The summed E-state index contributed by atoms with van der Waals surface area (Å²) in [5.41, 5.74) is 1.92. The molecule has 3 heterocycles. The van der Waals surface area contributed by atoms with Crippen LogP contribution in [-0.2, 0) is 4.79 Å². The lowest BCUT2D eigenvalue weighted by atomic mass is 9.93. The number of amides is 3. The van der Waals surface area contributed by atoms with Gasteiger partial charge in [-0.2, -0.15) is 0 Å². The lowest BCUT2D eigenvalue weighted by Gasteiger charge is -2.39. The maximum atomic E-state index is 12.6. The fourth-order valence-electron chi connectivity index (χ4n) is 5.13. The summed E-state index contributed by atoms with van der Waals surface area (Å²) < 4.78 is 6.11. The van der Waals surface area contributed by atoms with Crippen molar-refractivity contribution in [1.82, 2.24) is 14.8 Å². The number of benzene rings is 1. The van der Waals surface area contributed by atoms with Crippen LogP contribution in [0.1, 0.15) is 50.0 Å². The second kappa shape index (κ2) is 9.81. The molecule has 1 N–H and O–H groups in total. The Kier molecular flexibility index (Phi) is 6.46. The fourth-order valence-corrected chi connectivity index (χ4v) is 5.13. The van der Waals surface area contributed by atoms with Gasteiger partial charge in [-0.05, 0) is 54.7 Å². The van der Waals surface area contributed by atoms with Crippen LogP contribution < -0.4 is 10.1 Å². The zero-order valence-corrected chi connectivity index (χ0v) is 19.0. The van der Waals surface area contributed by atoms with Gasteiger partial charge in [0.25, 0.3) is 0 Å². The van der Waals surface area contributed by atoms with Crippen LogP contribution in [0.3, 0.4) is 0 Å². The summed E-state index contributed by atoms with van der Waals surface area (Å²) >= 11 is 0. The molecule has 0 spiro atoms. The van der Waals surface area contributed by atoms with Gasteiger partial charge in [0.1, 0.15) is 11.9 Å². The highest BCUT2D eigenvalue weighted by molar-refractivity contribution is 5.90. The molecule has 2 aliphatic heterocycles. The van der Waals surface area contributed by atoms with Crippen LogP contribution in [0.15, 0.2) is 48.8 Å². The Morgan fingerprint density at radius 2 is 1.79 bits per heavy atom. The maximum Gasteiger partial charge on any atom is 0.321 e. The van der Waals surface area contributed by atoms with Crippen molar-refractivity contribution in [3.63, 3.8) is 0 Å². The Hall–Kier alpha value is -3.09. The maximum absolute atomic E-state index is 12.6. The van der Waals surface area contributed by atoms with Crippen molar-refractivity contribution in [3.8, 4) is 5.75 Å². The lowest BCUT2D eigenvalue weighted by Crippen LogP contribution is -2.50. The Morgan fingerprint density at radius 1 is 1.00 bits per heavy atom. The first kappa shape index (κ1) is 21.7. The number of nitrogens with one attached hydrogen (secondary N) is 1. The SMILES string of the molecule is O=C(CC1CCCC1)N1CCC(Oc2ccc(NC(=O)N3CC(c4cccnc4)C3)cc2)C1. The predicted octanol–water partition coefficient (Wildman–Crippen LogP) is 4.27. The molecule has 1 aliphatic carbocycles. The molecule has 2 aromatic rings. The highest BCUT2D eigenvalue weighted by atomic mass is 16.5. The minimum absolute atomic E-state index is 0.0310. The first-order valence-electron chi connectivity index (χ1n) is 12.1.